The smallest absolute Gasteiger partial charge is 0.307 e. The number of hydrogen-bond donors (Lipinski definition) is 3. The van der Waals surface area contributed by atoms with E-state index in [1.165, 1.54) is 17.1 Å². The Labute approximate surface area is 252 Å². The average Bonchev–Trinajstić information content (AvgIpc) is 3.60. The van der Waals surface area contributed by atoms with Crippen molar-refractivity contribution in [3.63, 3.8) is 0 Å². The fourth-order valence-electron chi connectivity index (χ4n) is 7.04. The number of nitrogens with zero attached hydrogens (tertiary/aromatic N) is 6. The van der Waals surface area contributed by atoms with Crippen LogP contribution in [0.4, 0.5) is 8.78 Å². The van der Waals surface area contributed by atoms with Crippen molar-refractivity contribution in [2.75, 3.05) is 19.6 Å². The van der Waals surface area contributed by atoms with Gasteiger partial charge < -0.3 is 10.6 Å². The Balaban J connectivity index is 1.46. The van der Waals surface area contributed by atoms with Gasteiger partial charge in [0.05, 0.1) is 35.5 Å². The van der Waals surface area contributed by atoms with Gasteiger partial charge in [-0.1, -0.05) is 48.2 Å². The van der Waals surface area contributed by atoms with Crippen LogP contribution < -0.4 is 21.6 Å². The molecule has 3 fully saturated rings. The molecule has 0 saturated carbocycles. The van der Waals surface area contributed by atoms with Crippen LogP contribution in [0.25, 0.3) is 16.9 Å². The van der Waals surface area contributed by atoms with Crippen molar-refractivity contribution in [3.8, 4) is 16.9 Å². The normalized spacial score (nSPS) is 29.2. The Morgan fingerprint density at radius 3 is 2.71 bits per heavy atom. The van der Waals surface area contributed by atoms with Crippen molar-refractivity contribution in [2.45, 2.75) is 75.7 Å². The van der Waals surface area contributed by atoms with Gasteiger partial charge >= 0.3 is 6.55 Å². The predicted molar refractivity (Wildman–Crippen MR) is 157 cm³/mol. The Morgan fingerprint density at radius 1 is 1.12 bits per heavy atom. The van der Waals surface area contributed by atoms with Crippen LogP contribution in [0.5, 0.6) is 0 Å². The van der Waals surface area contributed by atoms with Gasteiger partial charge in [-0.05, 0) is 62.9 Å². The third-order valence-electron chi connectivity index (χ3n) is 8.99. The zero-order valence-corrected chi connectivity index (χ0v) is 24.8. The van der Waals surface area contributed by atoms with Crippen LogP contribution in [-0.2, 0) is 5.54 Å². The lowest BCUT2D eigenvalue weighted by Gasteiger charge is -2.50. The maximum Gasteiger partial charge on any atom is 0.307 e. The lowest BCUT2D eigenvalue weighted by molar-refractivity contribution is -0.104. The highest BCUT2D eigenvalue weighted by atomic mass is 35.5. The monoisotopic (exact) mass is 621 g/mol. The maximum atomic E-state index is 14.6. The molecule has 3 saturated heterocycles. The Kier molecular flexibility index (Phi) is 8.63. The molecule has 0 spiro atoms. The fourth-order valence-corrected chi connectivity index (χ4v) is 7.34. The number of piperidine rings is 1. The number of aromatic nitrogens is 5. The Morgan fingerprint density at radius 2 is 1.95 bits per heavy atom. The van der Waals surface area contributed by atoms with Gasteiger partial charge in [-0.25, -0.2) is 15.1 Å². The van der Waals surface area contributed by atoms with Gasteiger partial charge in [-0.2, -0.15) is 13.8 Å². The van der Waals surface area contributed by atoms with Gasteiger partial charge in [0, 0.05) is 35.3 Å². The molecule has 5 unspecified atom stereocenters. The average molecular weight is 623 g/mol. The van der Waals surface area contributed by atoms with E-state index in [2.05, 4.69) is 33.3 Å². The number of rotatable bonds is 4. The maximum absolute atomic E-state index is 14.6. The lowest BCUT2D eigenvalue weighted by atomic mass is 9.74. The van der Waals surface area contributed by atoms with Gasteiger partial charge in [0.1, 0.15) is 0 Å². The molecule has 6 rings (SSSR count). The number of hydrazine groups is 1. The molecule has 226 valence electrons. The van der Waals surface area contributed by atoms with Crippen molar-refractivity contribution in [1.82, 2.24) is 45.6 Å². The number of alkyl halides is 2. The molecule has 2 aromatic heterocycles. The molecule has 10 nitrogen and oxygen atoms in total. The minimum Gasteiger partial charge on any atom is -0.314 e. The largest absolute Gasteiger partial charge is 0.314 e. The van der Waals surface area contributed by atoms with Gasteiger partial charge in [-0.15, -0.1) is 5.10 Å². The van der Waals surface area contributed by atoms with E-state index in [1.807, 2.05) is 0 Å². The van der Waals surface area contributed by atoms with Crippen molar-refractivity contribution in [2.24, 2.45) is 5.92 Å². The summed E-state index contributed by atoms with van der Waals surface area (Å²) in [5.41, 5.74) is 3.26. The minimum absolute atomic E-state index is 0.0948. The highest BCUT2D eigenvalue weighted by Crippen LogP contribution is 2.41. The van der Waals surface area contributed by atoms with E-state index in [9.17, 15) is 13.6 Å². The zero-order chi connectivity index (χ0) is 29.4. The molecule has 3 aliphatic rings. The second kappa shape index (κ2) is 12.3. The third kappa shape index (κ3) is 5.72. The van der Waals surface area contributed by atoms with Crippen molar-refractivity contribution < 1.29 is 8.78 Å². The summed E-state index contributed by atoms with van der Waals surface area (Å²) < 4.78 is 32.2. The van der Waals surface area contributed by atoms with E-state index in [-0.39, 0.29) is 22.8 Å². The number of nitrogens with one attached hydrogen (secondary N) is 3. The van der Waals surface area contributed by atoms with Crippen LogP contribution in [0.15, 0.2) is 41.6 Å². The standard InChI is InChI=1S/C28H35Cl2F2N9O/c1-17-4-2-3-5-19-12-28(8-9-33-19,26-22(34-13-17)14-36-41(26)27(31)32)39-16-35-21(11-25(39)42)20-10-18(29)6-7-23(20)40-15-24(30)37-38-40/h6-7,10-11,15-17,19,22,26-27,33-34,36H,2-5,8-9,12-14H2,1H3. The second-order valence-corrected chi connectivity index (χ2v) is 12.6. The molecule has 0 amide bonds. The van der Waals surface area contributed by atoms with Crippen molar-refractivity contribution in [3.05, 3.63) is 57.3 Å². The summed E-state index contributed by atoms with van der Waals surface area (Å²) in [7, 11) is 0. The summed E-state index contributed by atoms with van der Waals surface area (Å²) in [6.07, 6.45) is 8.28. The van der Waals surface area contributed by atoms with Gasteiger partial charge in [-0.3, -0.25) is 9.36 Å². The third-order valence-corrected chi connectivity index (χ3v) is 9.40. The van der Waals surface area contributed by atoms with E-state index in [1.54, 1.807) is 29.0 Å². The van der Waals surface area contributed by atoms with Crippen LogP contribution in [-0.4, -0.2) is 73.9 Å². The first kappa shape index (κ1) is 29.6. The number of halogens is 4. The molecule has 1 aromatic carbocycles. The van der Waals surface area contributed by atoms with E-state index in [0.29, 0.717) is 53.8 Å². The molecular weight excluding hydrogens is 587 g/mol. The Bertz CT molecular complexity index is 1470. The summed E-state index contributed by atoms with van der Waals surface area (Å²) in [5, 5.41) is 16.8. The van der Waals surface area contributed by atoms with Crippen molar-refractivity contribution >= 4 is 23.2 Å². The first-order chi connectivity index (χ1) is 20.2. The summed E-state index contributed by atoms with van der Waals surface area (Å²) in [5.74, 6) is 0.421. The quantitative estimate of drug-likeness (QED) is 0.378. The fraction of sp³-hybridized carbons (Fsp3) is 0.571. The number of benzene rings is 1. The first-order valence-electron chi connectivity index (χ1n) is 14.5. The lowest BCUT2D eigenvalue weighted by Crippen LogP contribution is -2.66. The summed E-state index contributed by atoms with van der Waals surface area (Å²) in [6.45, 7) is 1.16. The predicted octanol–water partition coefficient (Wildman–Crippen LogP) is 3.82. The van der Waals surface area contributed by atoms with Crippen LogP contribution in [0.2, 0.25) is 10.2 Å². The van der Waals surface area contributed by atoms with Gasteiger partial charge in [0.15, 0.2) is 5.15 Å². The van der Waals surface area contributed by atoms with E-state index < -0.39 is 18.1 Å². The highest BCUT2D eigenvalue weighted by Gasteiger charge is 2.55. The molecule has 2 bridgehead atoms. The zero-order valence-electron chi connectivity index (χ0n) is 23.3. The molecule has 3 N–H and O–H groups in total. The first-order valence-corrected chi connectivity index (χ1v) is 15.2. The molecule has 3 aromatic rings. The second-order valence-electron chi connectivity index (χ2n) is 11.7. The SMILES string of the molecule is CC1CCCCC2CC(n3cnc(-c4cc(Cl)ccc4-n4cc(Cl)nn4)cc3=O)(CCN2)C2C(CNN2C(F)F)NC1. The van der Waals surface area contributed by atoms with E-state index in [0.717, 1.165) is 37.2 Å². The summed E-state index contributed by atoms with van der Waals surface area (Å²) in [4.78, 5) is 18.8. The highest BCUT2D eigenvalue weighted by molar-refractivity contribution is 6.31. The molecule has 42 heavy (non-hydrogen) atoms. The molecule has 0 radical (unpaired) electrons. The van der Waals surface area contributed by atoms with Crippen molar-refractivity contribution in [1.29, 1.82) is 0 Å². The number of hydrogen-bond acceptors (Lipinski definition) is 8. The Hall–Kier alpha value is -2.48. The topological polar surface area (TPSA) is 105 Å². The molecule has 5 heterocycles. The summed E-state index contributed by atoms with van der Waals surface area (Å²) >= 11 is 12.4. The van der Waals surface area contributed by atoms with Gasteiger partial charge in [0.25, 0.3) is 5.56 Å². The molecule has 5 atom stereocenters. The molecule has 3 aliphatic heterocycles. The van der Waals surface area contributed by atoms with Crippen LogP contribution >= 0.6 is 23.2 Å². The van der Waals surface area contributed by atoms with E-state index >= 15 is 0 Å². The molecule has 0 aliphatic carbocycles. The molecular formula is C28H35Cl2F2N9O. The number of fused-ring (bicyclic) bond motifs is 4. The van der Waals surface area contributed by atoms with Crippen LogP contribution in [0, 0.1) is 5.92 Å². The van der Waals surface area contributed by atoms with Crippen LogP contribution in [0.1, 0.15) is 45.4 Å². The minimum atomic E-state index is -2.73. The van der Waals surface area contributed by atoms with Gasteiger partial charge in [0.2, 0.25) is 0 Å². The molecule has 14 heteroatoms. The van der Waals surface area contributed by atoms with Crippen LogP contribution in [0.3, 0.4) is 0 Å². The summed E-state index contributed by atoms with van der Waals surface area (Å²) in [6, 6.07) is 5.76. The van der Waals surface area contributed by atoms with E-state index in [4.69, 9.17) is 28.2 Å².